The van der Waals surface area contributed by atoms with Crippen LogP contribution >= 0.6 is 34.0 Å². The maximum absolute atomic E-state index is 11.8. The van der Waals surface area contributed by atoms with Crippen LogP contribution < -0.4 is 0 Å². The van der Waals surface area contributed by atoms with Crippen molar-refractivity contribution in [2.75, 3.05) is 0 Å². The van der Waals surface area contributed by atoms with Crippen LogP contribution in [0, 0.1) is 30.0 Å². The van der Waals surface area contributed by atoms with Gasteiger partial charge < -0.3 is 43.5 Å². The summed E-state index contributed by atoms with van der Waals surface area (Å²) in [5, 5.41) is 49.4. The van der Waals surface area contributed by atoms with Gasteiger partial charge in [0.05, 0.1) is 5.76 Å². The second-order valence-electron chi connectivity index (χ2n) is 31.6. The summed E-state index contributed by atoms with van der Waals surface area (Å²) in [4.78, 5) is 56.3. The minimum absolute atomic E-state index is 0. The number of aliphatic hydroxyl groups excluding tert-OH is 3. The van der Waals surface area contributed by atoms with Gasteiger partial charge in [0.25, 0.3) is 0 Å². The molecule has 0 unspecified atom stereocenters. The third-order valence-corrected chi connectivity index (χ3v) is 27.3. The Balaban J connectivity index is 0.000000117. The standard InChI is InChI=1S/2C25H13N2S.C21H11N2S.2C15H12O2.C13H24O2.3Ir/c2*1-2-7-16-15(6-1)12-13-26-23(16)22-14-20-19-10-5-9-18-17-8-3-4-11-21(17)27(24(18)19)25(20)28-22;1-2-10-18-13(6-1)14-7-5-8-15-16-12-19(17-9-3-4-11-22-17)24-21(16)23(18)20(14)15;2*16-14(12-7-3-1-4-8-12)11-15(17)13-9-5-2-6-10-13;1-5-10(6-2)12(14)9-13(15)11(7-3)8-4;;;/h2*1-13H;1-11H;2*1-11,16H;9-11,14H,5-8H2,1-4H3;;;/q3*-1;;;;;;. The summed E-state index contributed by atoms with van der Waals surface area (Å²) in [6.07, 6.45) is 13.0. The summed E-state index contributed by atoms with van der Waals surface area (Å²) in [7, 11) is 0. The van der Waals surface area contributed by atoms with Crippen molar-refractivity contribution >= 4 is 197 Å². The number of thiophene rings is 3. The number of allylic oxidation sites excluding steroid dienone is 4. The Labute approximate surface area is 815 Å². The Morgan fingerprint density at radius 2 is 0.621 bits per heavy atom. The predicted molar refractivity (Wildman–Crippen MR) is 538 cm³/mol. The Kier molecular flexibility index (Phi) is 28.6. The van der Waals surface area contributed by atoms with Gasteiger partial charge in [-0.3, -0.25) is 14.4 Å². The molecular weight excluding hydrogens is 2220 g/mol. The molecule has 12 aromatic heterocycles. The van der Waals surface area contributed by atoms with E-state index in [1.807, 2.05) is 113 Å². The molecule has 0 saturated carbocycles. The van der Waals surface area contributed by atoms with Crippen molar-refractivity contribution < 1.29 is 90.0 Å². The molecule has 12 heterocycles. The molecule has 24 rings (SSSR count). The van der Waals surface area contributed by atoms with Gasteiger partial charge in [-0.15, -0.1) is 34.4 Å². The second-order valence-corrected chi connectivity index (χ2v) is 34.6. The molecule has 0 spiro atoms. The van der Waals surface area contributed by atoms with E-state index in [0.29, 0.717) is 22.3 Å². The van der Waals surface area contributed by atoms with E-state index in [1.54, 1.807) is 107 Å². The molecule has 0 amide bonds. The van der Waals surface area contributed by atoms with Crippen LogP contribution in [0.2, 0.25) is 0 Å². The molecule has 12 aromatic carbocycles. The first-order valence-corrected chi connectivity index (χ1v) is 45.7. The van der Waals surface area contributed by atoms with Crippen LogP contribution in [-0.2, 0) is 65.1 Å². The van der Waals surface area contributed by atoms with Gasteiger partial charge in [0, 0.05) is 212 Å². The zero-order chi connectivity index (χ0) is 88.2. The quantitative estimate of drug-likeness (QED) is 0.0370. The molecular formula is C114H85Ir3N6O6S3-3. The Hall–Kier alpha value is -13.3. The first-order valence-electron chi connectivity index (χ1n) is 43.3. The first kappa shape index (κ1) is 92.0. The van der Waals surface area contributed by atoms with Crippen LogP contribution in [-0.4, -0.2) is 60.8 Å². The molecule has 3 radical (unpaired) electrons. The number of pyridine rings is 3. The summed E-state index contributed by atoms with van der Waals surface area (Å²) < 4.78 is 7.21. The van der Waals surface area contributed by atoms with Crippen molar-refractivity contribution in [3.63, 3.8) is 0 Å². The number of hydrogen-bond acceptors (Lipinski definition) is 12. The maximum Gasteiger partial charge on any atom is 0.189 e. The van der Waals surface area contributed by atoms with Gasteiger partial charge in [-0.2, -0.15) is 34.0 Å². The van der Waals surface area contributed by atoms with E-state index in [4.69, 9.17) is 9.97 Å². The maximum atomic E-state index is 11.8. The number of carbonyl (C=O) groups excluding carboxylic acids is 3. The summed E-state index contributed by atoms with van der Waals surface area (Å²) in [5.74, 6) is 0.115. The molecule has 0 aliphatic rings. The number of aromatic nitrogens is 6. The minimum atomic E-state index is -0.202. The van der Waals surface area contributed by atoms with Gasteiger partial charge >= 0.3 is 0 Å². The first-order chi connectivity index (χ1) is 63.4. The monoisotopic (exact) mass is 2310 g/mol. The van der Waals surface area contributed by atoms with Crippen molar-refractivity contribution in [3.05, 3.63) is 411 Å². The number of fused-ring (bicyclic) bond motifs is 20. The number of nitrogens with zero attached hydrogens (tertiary/aromatic N) is 6. The smallest absolute Gasteiger partial charge is 0.189 e. The van der Waals surface area contributed by atoms with Gasteiger partial charge in [-0.05, 0) is 114 Å². The molecule has 12 nitrogen and oxygen atoms in total. The van der Waals surface area contributed by atoms with Crippen LogP contribution in [0.4, 0.5) is 0 Å². The van der Waals surface area contributed by atoms with E-state index in [1.165, 1.54) is 152 Å². The fraction of sp³-hybridized carbons (Fsp3) is 0.0877. The number of ketones is 3. The molecule has 3 N–H and O–H groups in total. The Bertz CT molecular complexity index is 7940. The SMILES string of the molecule is CCC(CC)C(=O)C=C(O)C(CC)CC.O=C(C=C(O)c1ccccc1)c1ccccc1.O=C(C=C(O)c1ccccc1)c1ccccc1.[Ir].[Ir].[Ir].[c-]1c(-c2ccccn2)sc2c1c1cccc3c4ccccc4n2c13.[c-]1c(-c2nccc3ccccc23)sc2c1c1cccc3c4ccccc4n2c13.[c-]1c(-c2nccc3ccccc23)sc2c1c1cccc3c4ccccc4n2c13. The summed E-state index contributed by atoms with van der Waals surface area (Å²) in [6.45, 7) is 8.07. The van der Waals surface area contributed by atoms with E-state index in [2.05, 4.69) is 224 Å². The van der Waals surface area contributed by atoms with E-state index < -0.39 is 0 Å². The van der Waals surface area contributed by atoms with Crippen molar-refractivity contribution in [1.82, 2.24) is 28.2 Å². The predicted octanol–water partition coefficient (Wildman–Crippen LogP) is 30.4. The van der Waals surface area contributed by atoms with Gasteiger partial charge in [0.2, 0.25) is 0 Å². The topological polar surface area (TPSA) is 164 Å². The molecule has 24 aromatic rings. The van der Waals surface area contributed by atoms with Crippen LogP contribution in [0.1, 0.15) is 85.2 Å². The number of para-hydroxylation sites is 6. The van der Waals surface area contributed by atoms with Gasteiger partial charge in [-0.1, -0.05) is 335 Å². The van der Waals surface area contributed by atoms with Crippen molar-refractivity contribution in [2.24, 2.45) is 11.8 Å². The molecule has 655 valence electrons. The van der Waals surface area contributed by atoms with Gasteiger partial charge in [0.15, 0.2) is 17.3 Å². The molecule has 0 bridgehead atoms. The van der Waals surface area contributed by atoms with Crippen LogP contribution in [0.25, 0.3) is 177 Å². The molecule has 0 atom stereocenters. The summed E-state index contributed by atoms with van der Waals surface area (Å²) in [6, 6.07) is 119. The van der Waals surface area contributed by atoms with Crippen LogP contribution in [0.15, 0.2) is 370 Å². The van der Waals surface area contributed by atoms with E-state index >= 15 is 0 Å². The van der Waals surface area contributed by atoms with E-state index in [-0.39, 0.29) is 107 Å². The van der Waals surface area contributed by atoms with Gasteiger partial charge in [-0.25, -0.2) is 0 Å². The number of aliphatic hydroxyl groups is 3. The molecule has 0 fully saturated rings. The van der Waals surface area contributed by atoms with Crippen LogP contribution in [0.5, 0.6) is 0 Å². The number of rotatable bonds is 16. The zero-order valence-electron chi connectivity index (χ0n) is 72.1. The normalized spacial score (nSPS) is 11.7. The zero-order valence-corrected chi connectivity index (χ0v) is 81.7. The van der Waals surface area contributed by atoms with Crippen molar-refractivity contribution in [2.45, 2.75) is 53.4 Å². The number of carbonyl (C=O) groups is 3. The molecule has 132 heavy (non-hydrogen) atoms. The minimum Gasteiger partial charge on any atom is -0.512 e. The average molecular weight is 2310 g/mol. The number of benzene rings is 12. The fourth-order valence-corrected chi connectivity index (χ4v) is 21.0. The molecule has 18 heteroatoms. The third kappa shape index (κ3) is 17.9. The Morgan fingerprint density at radius 1 is 0.311 bits per heavy atom. The van der Waals surface area contributed by atoms with E-state index in [9.17, 15) is 29.7 Å². The fourth-order valence-electron chi connectivity index (χ4n) is 17.5. The van der Waals surface area contributed by atoms with E-state index in [0.717, 1.165) is 57.4 Å². The number of hydrogen-bond donors (Lipinski definition) is 3. The Morgan fingerprint density at radius 3 is 0.985 bits per heavy atom. The molecule has 0 aliphatic carbocycles. The molecule has 0 aliphatic heterocycles. The largest absolute Gasteiger partial charge is 0.512 e. The average Bonchev–Trinajstić information content (AvgIpc) is 1.55. The van der Waals surface area contributed by atoms with Crippen molar-refractivity contribution in [1.29, 1.82) is 0 Å². The molecule has 0 saturated heterocycles. The van der Waals surface area contributed by atoms with Crippen LogP contribution in [0.3, 0.4) is 0 Å². The van der Waals surface area contributed by atoms with Crippen molar-refractivity contribution in [3.8, 4) is 31.7 Å². The second kappa shape index (κ2) is 41.0. The summed E-state index contributed by atoms with van der Waals surface area (Å²) in [5.41, 5.74) is 13.1. The summed E-state index contributed by atoms with van der Waals surface area (Å²) >= 11 is 5.34. The third-order valence-electron chi connectivity index (χ3n) is 24.0. The van der Waals surface area contributed by atoms with Gasteiger partial charge in [0.1, 0.15) is 11.5 Å².